The van der Waals surface area contributed by atoms with Gasteiger partial charge in [0.05, 0.1) is 40.0 Å². The van der Waals surface area contributed by atoms with Crippen molar-refractivity contribution in [3.8, 4) is 0 Å². The van der Waals surface area contributed by atoms with Gasteiger partial charge in [-0.25, -0.2) is 0 Å². The van der Waals surface area contributed by atoms with E-state index in [1.165, 1.54) is 40.0 Å². The smallest absolute Gasteiger partial charge is 1.00 e. The molecule has 0 saturated carbocycles. The molecule has 4 aliphatic rings. The van der Waals surface area contributed by atoms with Crippen LogP contribution in [0, 0.1) is 0 Å². The van der Waals surface area contributed by atoms with E-state index in [-0.39, 0.29) is 62.6 Å². The summed E-state index contributed by atoms with van der Waals surface area (Å²) in [4.78, 5) is 9.88. The van der Waals surface area contributed by atoms with Crippen LogP contribution in [0.1, 0.15) is 0 Å². The van der Waals surface area contributed by atoms with Crippen molar-refractivity contribution in [3.63, 3.8) is 0 Å². The van der Waals surface area contributed by atoms with Gasteiger partial charge < -0.3 is 24.8 Å². The molecule has 0 spiro atoms. The van der Waals surface area contributed by atoms with Gasteiger partial charge in [-0.1, -0.05) is 0 Å². The average molecular weight is 251 g/mol. The van der Waals surface area contributed by atoms with Gasteiger partial charge in [0, 0.05) is 0 Å². The maximum absolute atomic E-state index is 2.47. The zero-order valence-corrected chi connectivity index (χ0v) is 11.2. The van der Waals surface area contributed by atoms with Crippen LogP contribution in [0.2, 0.25) is 0 Å². The molecule has 4 heterocycles. The van der Waals surface area contributed by atoms with Crippen LogP contribution in [0.15, 0.2) is 0 Å². The number of hydrogen-bond donors (Lipinski definition) is 0. The summed E-state index contributed by atoms with van der Waals surface area (Å²) in [5.74, 6) is 0. The van der Waals surface area contributed by atoms with Crippen LogP contribution in [0.4, 0.5) is 0 Å². The minimum atomic E-state index is 0. The number of rotatable bonds is 0. The third-order valence-electron chi connectivity index (χ3n) is 2.40. The Labute approximate surface area is 121 Å². The fraction of sp³-hybridized carbons (Fsp3) is 1.00. The van der Waals surface area contributed by atoms with Crippen molar-refractivity contribution in [1.29, 1.82) is 0 Å². The van der Waals surface area contributed by atoms with E-state index in [1.807, 2.05) is 0 Å². The molecule has 0 aromatic rings. The first kappa shape index (κ1) is 14.7. The predicted molar refractivity (Wildman–Crippen MR) is 42.3 cm³/mol. The molecule has 4 rings (SSSR count). The quantitative estimate of drug-likeness (QED) is 0.397. The first-order valence-corrected chi connectivity index (χ1v) is 3.79. The minimum absolute atomic E-state index is 0. The average Bonchev–Trinajstić information content (AvgIpc) is 1.82. The molecule has 0 radical (unpaired) electrons. The van der Waals surface area contributed by atoms with Gasteiger partial charge in [-0.2, -0.15) is 0 Å². The molecule has 0 aromatic heterocycles. The van der Waals surface area contributed by atoms with E-state index < -0.39 is 0 Å². The Balaban J connectivity index is 0.000000480. The maximum Gasteiger partial charge on any atom is 2.00 e. The van der Waals surface area contributed by atoms with Crippen LogP contribution in [-0.2, 0) is 0 Å². The monoisotopic (exact) mass is 250 g/mol. The van der Waals surface area contributed by atoms with Crippen LogP contribution in [0.3, 0.4) is 0 Å². The third kappa shape index (κ3) is 2.83. The molecule has 0 N–H and O–H groups in total. The van der Waals surface area contributed by atoms with Crippen LogP contribution < -0.4 is 24.8 Å². The number of nitrogens with zero attached hydrogens (tertiary/aromatic N) is 4. The van der Waals surface area contributed by atoms with Crippen molar-refractivity contribution in [3.05, 3.63) is 0 Å². The van der Waals surface area contributed by atoms with Gasteiger partial charge in [-0.05, 0) is 0 Å². The van der Waals surface area contributed by atoms with E-state index in [0.29, 0.717) is 0 Å². The summed E-state index contributed by atoms with van der Waals surface area (Å²) < 4.78 is 0. The molecule has 4 fully saturated rings. The van der Waals surface area contributed by atoms with Crippen molar-refractivity contribution >= 4 is 37.7 Å². The second-order valence-electron chi connectivity index (χ2n) is 3.53. The third-order valence-corrected chi connectivity index (χ3v) is 2.40. The molecule has 4 nitrogen and oxygen atoms in total. The Morgan fingerprint density at radius 2 is 0.615 bits per heavy atom. The molecule has 4 bridgehead atoms. The summed E-state index contributed by atoms with van der Waals surface area (Å²) in [7, 11) is 0. The van der Waals surface area contributed by atoms with Crippen LogP contribution in [-0.4, -0.2) is 97.4 Å². The van der Waals surface area contributed by atoms with E-state index in [2.05, 4.69) is 19.6 Å². The Kier molecular flexibility index (Phi) is 6.41. The second-order valence-corrected chi connectivity index (χ2v) is 3.53. The summed E-state index contributed by atoms with van der Waals surface area (Å²) in [6.07, 6.45) is 0. The summed E-state index contributed by atoms with van der Waals surface area (Å²) in [5.41, 5.74) is 0. The SMILES string of the molecule is C1N2CN3CN1CN(C2)C3.[Ca+2].[Cl-].[Cl-]. The largest absolute Gasteiger partial charge is 2.00 e. The van der Waals surface area contributed by atoms with Gasteiger partial charge >= 0.3 is 37.7 Å². The van der Waals surface area contributed by atoms with E-state index >= 15 is 0 Å². The van der Waals surface area contributed by atoms with Crippen molar-refractivity contribution in [1.82, 2.24) is 19.6 Å². The molecule has 0 aliphatic carbocycles. The minimum Gasteiger partial charge on any atom is -1.00 e. The van der Waals surface area contributed by atoms with Crippen LogP contribution >= 0.6 is 0 Å². The van der Waals surface area contributed by atoms with Crippen molar-refractivity contribution in [2.75, 3.05) is 40.0 Å². The molecule has 0 amide bonds. The molecule has 4 aliphatic heterocycles. The molecule has 13 heavy (non-hydrogen) atoms. The molecule has 7 heteroatoms. The standard InChI is InChI=1S/C6H12N4.Ca.2ClH/c1-7-2-9-4-8(1)5-10(3-7)6-9;;;/h1-6H2;;2*1H/q;+2;;/p-2. The number of halogens is 2. The normalized spacial score (nSPS) is 44.3. The summed E-state index contributed by atoms with van der Waals surface area (Å²) >= 11 is 0. The van der Waals surface area contributed by atoms with E-state index in [4.69, 9.17) is 0 Å². The Hall–Kier alpha value is 1.68. The van der Waals surface area contributed by atoms with Gasteiger partial charge in [0.2, 0.25) is 0 Å². The molecule has 0 unspecified atom stereocenters. The predicted octanol–water partition coefficient (Wildman–Crippen LogP) is -7.39. The zero-order valence-electron chi connectivity index (χ0n) is 7.49. The van der Waals surface area contributed by atoms with Gasteiger partial charge in [0.1, 0.15) is 0 Å². The Morgan fingerprint density at radius 3 is 0.769 bits per heavy atom. The fourth-order valence-electron chi connectivity index (χ4n) is 2.23. The first-order valence-electron chi connectivity index (χ1n) is 3.79. The molecule has 4 saturated heterocycles. The second kappa shape index (κ2) is 5.68. The topological polar surface area (TPSA) is 13.0 Å². The summed E-state index contributed by atoms with van der Waals surface area (Å²) in [6, 6.07) is 0. The van der Waals surface area contributed by atoms with Crippen molar-refractivity contribution in [2.45, 2.75) is 0 Å². The first-order chi connectivity index (χ1) is 4.90. The van der Waals surface area contributed by atoms with E-state index in [1.54, 1.807) is 0 Å². The van der Waals surface area contributed by atoms with Gasteiger partial charge in [0.15, 0.2) is 0 Å². The van der Waals surface area contributed by atoms with Gasteiger partial charge in [-0.15, -0.1) is 0 Å². The molecule has 72 valence electrons. The van der Waals surface area contributed by atoms with Crippen molar-refractivity contribution < 1.29 is 24.8 Å². The maximum atomic E-state index is 2.47. The number of hydrogen-bond acceptors (Lipinski definition) is 4. The zero-order chi connectivity index (χ0) is 6.55. The molecule has 0 aromatic carbocycles. The van der Waals surface area contributed by atoms with Crippen LogP contribution in [0.25, 0.3) is 0 Å². The van der Waals surface area contributed by atoms with E-state index in [9.17, 15) is 0 Å². The van der Waals surface area contributed by atoms with Crippen LogP contribution in [0.5, 0.6) is 0 Å². The molecular weight excluding hydrogens is 239 g/mol. The molecular formula is C6H12CaCl2N4. The Morgan fingerprint density at radius 1 is 0.462 bits per heavy atom. The molecule has 0 atom stereocenters. The van der Waals surface area contributed by atoms with Crippen molar-refractivity contribution in [2.24, 2.45) is 0 Å². The summed E-state index contributed by atoms with van der Waals surface area (Å²) in [6.45, 7) is 7.12. The Bertz CT molecular complexity index is 114. The van der Waals surface area contributed by atoms with E-state index in [0.717, 1.165) is 0 Å². The summed E-state index contributed by atoms with van der Waals surface area (Å²) in [5, 5.41) is 0. The van der Waals surface area contributed by atoms with Gasteiger partial charge in [0.25, 0.3) is 0 Å². The van der Waals surface area contributed by atoms with Gasteiger partial charge in [-0.3, -0.25) is 19.6 Å². The fourth-order valence-corrected chi connectivity index (χ4v) is 2.23.